The van der Waals surface area contributed by atoms with Gasteiger partial charge in [-0.3, -0.25) is 0 Å². The summed E-state index contributed by atoms with van der Waals surface area (Å²) in [5.41, 5.74) is 4.85. The number of nitrogens with one attached hydrogen (secondary N) is 1. The molecule has 1 aliphatic carbocycles. The first-order valence-corrected chi connectivity index (χ1v) is 7.77. The maximum atomic E-state index is 8.42. The molecule has 1 N–H and O–H groups in total. The SMILES string of the molecule is N=C(c1ccc2c(c1)C=CCC2)c1nc(Cl)ccc1[N]=[Tc]. The summed E-state index contributed by atoms with van der Waals surface area (Å²) in [7, 11) is 0. The number of allylic oxidation sites excluding steroid dienone is 1. The number of halogens is 1. The summed E-state index contributed by atoms with van der Waals surface area (Å²) in [5.74, 6) is 0. The van der Waals surface area contributed by atoms with Gasteiger partial charge < -0.3 is 0 Å². The van der Waals surface area contributed by atoms with Crippen LogP contribution >= 0.6 is 11.6 Å². The Bertz CT molecular complexity index is 768. The van der Waals surface area contributed by atoms with Crippen molar-refractivity contribution in [3.63, 3.8) is 0 Å². The zero-order valence-corrected chi connectivity index (χ0v) is 13.7. The first-order chi connectivity index (χ1) is 10.2. The standard InChI is InChI=1S/C16H12ClN3.Tc/c17-14-8-7-13(18)16(20-14)15(19)12-6-5-10-3-1-2-4-11(10)9-12;/h2,4-9,19H,1,3H2;. The van der Waals surface area contributed by atoms with Crippen molar-refractivity contribution in [3.8, 4) is 0 Å². The Morgan fingerprint density at radius 3 is 2.95 bits per heavy atom. The third kappa shape index (κ3) is 2.93. The van der Waals surface area contributed by atoms with Crippen molar-refractivity contribution in [2.45, 2.75) is 12.8 Å². The predicted octanol–water partition coefficient (Wildman–Crippen LogP) is 4.47. The fourth-order valence-corrected chi connectivity index (χ4v) is 2.88. The van der Waals surface area contributed by atoms with E-state index in [0.29, 0.717) is 22.2 Å². The van der Waals surface area contributed by atoms with E-state index >= 15 is 0 Å². The number of hydrogen-bond donors (Lipinski definition) is 1. The summed E-state index contributed by atoms with van der Waals surface area (Å²) in [6.07, 6.45) is 6.42. The van der Waals surface area contributed by atoms with Crippen LogP contribution in [0.1, 0.15) is 28.8 Å². The summed E-state index contributed by atoms with van der Waals surface area (Å²) >= 11 is 7.87. The molecular formula is C16H12ClN3Tc. The van der Waals surface area contributed by atoms with E-state index in [1.54, 1.807) is 12.1 Å². The molecule has 1 heterocycles. The van der Waals surface area contributed by atoms with Crippen molar-refractivity contribution in [1.29, 1.82) is 5.41 Å². The van der Waals surface area contributed by atoms with Crippen molar-refractivity contribution in [3.05, 3.63) is 63.9 Å². The van der Waals surface area contributed by atoms with E-state index < -0.39 is 0 Å². The first kappa shape index (κ1) is 14.5. The van der Waals surface area contributed by atoms with Gasteiger partial charge in [-0.05, 0) is 0 Å². The molecule has 3 nitrogen and oxygen atoms in total. The molecule has 0 saturated carbocycles. The zero-order valence-electron chi connectivity index (χ0n) is 11.1. The van der Waals surface area contributed by atoms with Crippen LogP contribution in [0, 0.1) is 5.41 Å². The minimum atomic E-state index is 0.342. The van der Waals surface area contributed by atoms with Crippen molar-refractivity contribution in [2.24, 2.45) is 3.61 Å². The number of aromatic nitrogens is 1. The van der Waals surface area contributed by atoms with Gasteiger partial charge in [0.05, 0.1) is 0 Å². The molecule has 0 aliphatic heterocycles. The van der Waals surface area contributed by atoms with Gasteiger partial charge in [-0.15, -0.1) is 0 Å². The molecule has 1 aromatic heterocycles. The van der Waals surface area contributed by atoms with Gasteiger partial charge in [0, 0.05) is 0 Å². The summed E-state index contributed by atoms with van der Waals surface area (Å²) < 4.78 is 4.14. The number of nitrogens with zero attached hydrogens (tertiary/aromatic N) is 2. The van der Waals surface area contributed by atoms with Crippen LogP contribution in [0.25, 0.3) is 6.08 Å². The number of pyridine rings is 1. The van der Waals surface area contributed by atoms with Crippen molar-refractivity contribution in [2.75, 3.05) is 0 Å². The van der Waals surface area contributed by atoms with Crippen LogP contribution in [0.4, 0.5) is 5.69 Å². The summed E-state index contributed by atoms with van der Waals surface area (Å²) in [6, 6.07) is 9.57. The minimum absolute atomic E-state index is 0.342. The Kier molecular flexibility index (Phi) is 4.20. The van der Waals surface area contributed by atoms with Gasteiger partial charge in [-0.1, -0.05) is 0 Å². The van der Waals surface area contributed by atoms with Gasteiger partial charge in [-0.2, -0.15) is 0 Å². The molecule has 5 heteroatoms. The van der Waals surface area contributed by atoms with E-state index in [1.807, 2.05) is 30.8 Å². The van der Waals surface area contributed by atoms with Gasteiger partial charge in [0.1, 0.15) is 0 Å². The van der Waals surface area contributed by atoms with E-state index in [2.05, 4.69) is 26.8 Å². The predicted molar refractivity (Wildman–Crippen MR) is 81.1 cm³/mol. The molecule has 0 amide bonds. The van der Waals surface area contributed by atoms with Crippen molar-refractivity contribution >= 4 is 29.1 Å². The van der Waals surface area contributed by atoms with Gasteiger partial charge in [-0.25, -0.2) is 0 Å². The molecule has 0 saturated heterocycles. The second-order valence-electron chi connectivity index (χ2n) is 4.82. The Hall–Kier alpha value is -1.48. The van der Waals surface area contributed by atoms with Gasteiger partial charge in [0.25, 0.3) is 0 Å². The average Bonchev–Trinajstić information content (AvgIpc) is 2.53. The Morgan fingerprint density at radius 1 is 1.29 bits per heavy atom. The van der Waals surface area contributed by atoms with Crippen LogP contribution in [0.15, 0.2) is 40.0 Å². The van der Waals surface area contributed by atoms with Gasteiger partial charge in [0.15, 0.2) is 0 Å². The molecular weight excluding hydrogens is 368 g/mol. The Morgan fingerprint density at radius 2 is 2.14 bits per heavy atom. The van der Waals surface area contributed by atoms with E-state index in [0.717, 1.165) is 18.4 Å². The molecule has 1 aromatic carbocycles. The van der Waals surface area contributed by atoms with E-state index in [-0.39, 0.29) is 0 Å². The molecule has 1 aliphatic rings. The molecule has 0 atom stereocenters. The van der Waals surface area contributed by atoms with Crippen LogP contribution in [0.2, 0.25) is 5.15 Å². The van der Waals surface area contributed by atoms with Crippen molar-refractivity contribution in [1.82, 2.24) is 4.98 Å². The Balaban J connectivity index is 2.05. The number of hydrogen-bond acceptors (Lipinski definition) is 3. The van der Waals surface area contributed by atoms with Crippen LogP contribution in [-0.2, 0) is 25.1 Å². The molecule has 21 heavy (non-hydrogen) atoms. The quantitative estimate of drug-likeness (QED) is 0.620. The van der Waals surface area contributed by atoms with Crippen LogP contribution in [0.3, 0.4) is 0 Å². The van der Waals surface area contributed by atoms with Gasteiger partial charge >= 0.3 is 139 Å². The summed E-state index contributed by atoms with van der Waals surface area (Å²) in [6.45, 7) is 0. The van der Waals surface area contributed by atoms with E-state index in [4.69, 9.17) is 17.0 Å². The normalized spacial score (nSPS) is 12.8. The number of fused-ring (bicyclic) bond motifs is 1. The molecule has 3 rings (SSSR count). The fraction of sp³-hybridized carbons (Fsp3) is 0.125. The molecule has 0 unspecified atom stereocenters. The van der Waals surface area contributed by atoms with E-state index in [1.165, 1.54) is 11.1 Å². The third-order valence-corrected chi connectivity index (χ3v) is 4.14. The molecule has 0 fully saturated rings. The second-order valence-corrected chi connectivity index (χ2v) is 5.62. The van der Waals surface area contributed by atoms with Crippen LogP contribution in [0.5, 0.6) is 0 Å². The van der Waals surface area contributed by atoms with Gasteiger partial charge in [0.2, 0.25) is 0 Å². The summed E-state index contributed by atoms with van der Waals surface area (Å²) in [5, 5.41) is 8.79. The molecule has 0 radical (unpaired) electrons. The molecule has 0 bridgehead atoms. The average molecular weight is 380 g/mol. The van der Waals surface area contributed by atoms with Crippen molar-refractivity contribution < 1.29 is 18.7 Å². The molecule has 2 aromatic rings. The summed E-state index contributed by atoms with van der Waals surface area (Å²) in [4.78, 5) is 4.26. The Labute approximate surface area is 138 Å². The molecule has 0 spiro atoms. The second kappa shape index (κ2) is 6.10. The maximum absolute atomic E-state index is 8.42. The number of benzene rings is 1. The number of aryl methyl sites for hydroxylation is 1. The monoisotopic (exact) mass is 378 g/mol. The number of rotatable bonds is 3. The first-order valence-electron chi connectivity index (χ1n) is 6.56. The molecule has 105 valence electrons. The third-order valence-electron chi connectivity index (χ3n) is 3.48. The zero-order chi connectivity index (χ0) is 14.8. The van der Waals surface area contributed by atoms with Crippen LogP contribution in [-0.4, -0.2) is 10.7 Å². The van der Waals surface area contributed by atoms with Crippen LogP contribution < -0.4 is 0 Å². The van der Waals surface area contributed by atoms with E-state index in [9.17, 15) is 0 Å². The fourth-order valence-electron chi connectivity index (χ4n) is 2.40. The topological polar surface area (TPSA) is 49.1 Å².